The van der Waals surface area contributed by atoms with Crippen LogP contribution in [0.3, 0.4) is 0 Å². The number of halogens is 3. The molecular formula is C12H17F3N2O. The number of anilines is 1. The molecule has 0 radical (unpaired) electrons. The molecule has 0 saturated carbocycles. The Balaban J connectivity index is 2.83. The lowest BCUT2D eigenvalue weighted by atomic mass is 10.1. The van der Waals surface area contributed by atoms with E-state index in [-0.39, 0.29) is 17.8 Å². The first kappa shape index (κ1) is 14.8. The molecule has 0 aliphatic rings. The maximum absolute atomic E-state index is 12.5. The van der Waals surface area contributed by atoms with Crippen molar-refractivity contribution in [3.63, 3.8) is 0 Å². The van der Waals surface area contributed by atoms with Crippen LogP contribution in [0.4, 0.5) is 19.0 Å². The molecule has 0 amide bonds. The summed E-state index contributed by atoms with van der Waals surface area (Å²) in [5.74, 6) is 0.432. The molecule has 0 aromatic carbocycles. The van der Waals surface area contributed by atoms with Crippen molar-refractivity contribution >= 4 is 5.82 Å². The van der Waals surface area contributed by atoms with Gasteiger partial charge in [0.15, 0.2) is 0 Å². The third-order valence-electron chi connectivity index (χ3n) is 2.52. The van der Waals surface area contributed by atoms with Crippen LogP contribution in [0.1, 0.15) is 19.5 Å². The third-order valence-corrected chi connectivity index (χ3v) is 2.52. The number of nitrogens with zero attached hydrogens (tertiary/aromatic N) is 1. The highest BCUT2D eigenvalue weighted by Gasteiger charge is 2.32. The summed E-state index contributed by atoms with van der Waals surface area (Å²) in [6.07, 6.45) is -4.42. The molecule has 6 heteroatoms. The number of hydrogen-bond acceptors (Lipinski definition) is 3. The Bertz CT molecular complexity index is 380. The number of rotatable bonds is 5. The van der Waals surface area contributed by atoms with Gasteiger partial charge in [0.2, 0.25) is 0 Å². The Hall–Kier alpha value is -1.30. The van der Waals surface area contributed by atoms with E-state index in [4.69, 9.17) is 4.74 Å². The molecule has 1 heterocycles. The number of methoxy groups -OCH3 is 1. The maximum atomic E-state index is 12.5. The van der Waals surface area contributed by atoms with Crippen molar-refractivity contribution in [3.8, 4) is 0 Å². The van der Waals surface area contributed by atoms with Crippen LogP contribution in [-0.4, -0.2) is 24.7 Å². The lowest BCUT2D eigenvalue weighted by Crippen LogP contribution is -2.31. The monoisotopic (exact) mass is 262 g/mol. The maximum Gasteiger partial charge on any atom is 0.433 e. The van der Waals surface area contributed by atoms with E-state index in [2.05, 4.69) is 10.3 Å². The standard InChI is InChI=1S/C12H17F3N2O/c1-8(2)9(7-18-3)16-11-6-4-5-10(17-11)12(13,14)15/h4-6,8-9H,7H2,1-3H3,(H,16,17). The first-order valence-electron chi connectivity index (χ1n) is 5.64. The summed E-state index contributed by atoms with van der Waals surface area (Å²) in [5.41, 5.74) is -0.896. The third kappa shape index (κ3) is 4.18. The predicted octanol–water partition coefficient (Wildman–Crippen LogP) is 3.18. The minimum atomic E-state index is -4.42. The minimum absolute atomic E-state index is 0.0778. The first-order chi connectivity index (χ1) is 8.34. The van der Waals surface area contributed by atoms with Crippen molar-refractivity contribution in [2.24, 2.45) is 5.92 Å². The van der Waals surface area contributed by atoms with Gasteiger partial charge in [-0.3, -0.25) is 0 Å². The number of nitrogens with one attached hydrogen (secondary N) is 1. The van der Waals surface area contributed by atoms with Crippen molar-refractivity contribution in [2.45, 2.75) is 26.1 Å². The summed E-state index contributed by atoms with van der Waals surface area (Å²) >= 11 is 0. The van der Waals surface area contributed by atoms with Gasteiger partial charge in [0.25, 0.3) is 0 Å². The SMILES string of the molecule is COCC(Nc1cccc(C(F)(F)F)n1)C(C)C. The molecule has 0 aliphatic heterocycles. The van der Waals surface area contributed by atoms with Gasteiger partial charge in [0, 0.05) is 7.11 Å². The van der Waals surface area contributed by atoms with Gasteiger partial charge >= 0.3 is 6.18 Å². The second-order valence-corrected chi connectivity index (χ2v) is 4.36. The van der Waals surface area contributed by atoms with Crippen LogP contribution in [0.5, 0.6) is 0 Å². The van der Waals surface area contributed by atoms with Crippen LogP contribution in [0.25, 0.3) is 0 Å². The fourth-order valence-electron chi connectivity index (χ4n) is 1.44. The predicted molar refractivity (Wildman–Crippen MR) is 63.4 cm³/mol. The molecule has 0 spiro atoms. The molecular weight excluding hydrogens is 245 g/mol. The van der Waals surface area contributed by atoms with Gasteiger partial charge in [-0.2, -0.15) is 13.2 Å². The molecule has 0 aliphatic carbocycles. The molecule has 1 aromatic heterocycles. The van der Waals surface area contributed by atoms with Gasteiger partial charge < -0.3 is 10.1 Å². The number of pyridine rings is 1. The van der Waals surface area contributed by atoms with E-state index >= 15 is 0 Å². The first-order valence-corrected chi connectivity index (χ1v) is 5.64. The Morgan fingerprint density at radius 3 is 2.50 bits per heavy atom. The summed E-state index contributed by atoms with van der Waals surface area (Å²) in [5, 5.41) is 2.96. The summed E-state index contributed by atoms with van der Waals surface area (Å²) < 4.78 is 42.5. The molecule has 1 rings (SSSR count). The Kier molecular flexibility index (Phi) is 4.95. The Labute approximate surface area is 104 Å². The molecule has 1 unspecified atom stereocenters. The summed E-state index contributed by atoms with van der Waals surface area (Å²) in [4.78, 5) is 3.56. The van der Waals surface area contributed by atoms with Gasteiger partial charge in [-0.25, -0.2) is 4.98 Å². The fraction of sp³-hybridized carbons (Fsp3) is 0.583. The van der Waals surface area contributed by atoms with Crippen LogP contribution in [0.15, 0.2) is 18.2 Å². The quantitative estimate of drug-likeness (QED) is 0.885. The number of alkyl halides is 3. The highest BCUT2D eigenvalue weighted by atomic mass is 19.4. The normalized spacial score (nSPS) is 13.7. The van der Waals surface area contributed by atoms with Crippen LogP contribution in [-0.2, 0) is 10.9 Å². The number of hydrogen-bond donors (Lipinski definition) is 1. The van der Waals surface area contributed by atoms with E-state index in [1.165, 1.54) is 12.1 Å². The van der Waals surface area contributed by atoms with Crippen LogP contribution in [0, 0.1) is 5.92 Å². The second-order valence-electron chi connectivity index (χ2n) is 4.36. The van der Waals surface area contributed by atoms with E-state index in [0.29, 0.717) is 6.61 Å². The Morgan fingerprint density at radius 1 is 1.33 bits per heavy atom. The van der Waals surface area contributed by atoms with Gasteiger partial charge in [-0.15, -0.1) is 0 Å². The number of ether oxygens (including phenoxy) is 1. The zero-order chi connectivity index (χ0) is 13.8. The fourth-order valence-corrected chi connectivity index (χ4v) is 1.44. The molecule has 0 fully saturated rings. The summed E-state index contributed by atoms with van der Waals surface area (Å²) in [7, 11) is 1.55. The Morgan fingerprint density at radius 2 is 2.00 bits per heavy atom. The van der Waals surface area contributed by atoms with Gasteiger partial charge in [-0.05, 0) is 18.1 Å². The van der Waals surface area contributed by atoms with Crippen molar-refractivity contribution in [1.82, 2.24) is 4.98 Å². The molecule has 18 heavy (non-hydrogen) atoms. The van der Waals surface area contributed by atoms with Crippen LogP contribution < -0.4 is 5.32 Å². The van der Waals surface area contributed by atoms with E-state index in [1.807, 2.05) is 13.8 Å². The van der Waals surface area contributed by atoms with Crippen LogP contribution >= 0.6 is 0 Å². The average molecular weight is 262 g/mol. The lowest BCUT2D eigenvalue weighted by molar-refractivity contribution is -0.141. The van der Waals surface area contributed by atoms with Crippen LogP contribution in [0.2, 0.25) is 0 Å². The van der Waals surface area contributed by atoms with Gasteiger partial charge in [0.05, 0.1) is 12.6 Å². The summed E-state index contributed by atoms with van der Waals surface area (Å²) in [6, 6.07) is 3.72. The smallest absolute Gasteiger partial charge is 0.383 e. The van der Waals surface area contributed by atoms with Crippen molar-refractivity contribution < 1.29 is 17.9 Å². The topological polar surface area (TPSA) is 34.1 Å². The highest BCUT2D eigenvalue weighted by molar-refractivity contribution is 5.37. The molecule has 1 atom stereocenters. The molecule has 0 saturated heterocycles. The lowest BCUT2D eigenvalue weighted by Gasteiger charge is -2.22. The largest absolute Gasteiger partial charge is 0.433 e. The van der Waals surface area contributed by atoms with Crippen molar-refractivity contribution in [1.29, 1.82) is 0 Å². The van der Waals surface area contributed by atoms with E-state index in [0.717, 1.165) is 6.07 Å². The van der Waals surface area contributed by atoms with Crippen molar-refractivity contribution in [2.75, 3.05) is 19.0 Å². The minimum Gasteiger partial charge on any atom is -0.383 e. The van der Waals surface area contributed by atoms with Crippen molar-refractivity contribution in [3.05, 3.63) is 23.9 Å². The zero-order valence-corrected chi connectivity index (χ0v) is 10.6. The van der Waals surface area contributed by atoms with Gasteiger partial charge in [-0.1, -0.05) is 19.9 Å². The molecule has 0 bridgehead atoms. The van der Waals surface area contributed by atoms with Gasteiger partial charge in [0.1, 0.15) is 11.5 Å². The molecule has 3 nitrogen and oxygen atoms in total. The average Bonchev–Trinajstić information content (AvgIpc) is 2.27. The molecule has 1 N–H and O–H groups in total. The zero-order valence-electron chi connectivity index (χ0n) is 10.6. The molecule has 1 aromatic rings. The highest BCUT2D eigenvalue weighted by Crippen LogP contribution is 2.28. The van der Waals surface area contributed by atoms with E-state index in [9.17, 15) is 13.2 Å². The second kappa shape index (κ2) is 6.04. The summed E-state index contributed by atoms with van der Waals surface area (Å²) in [6.45, 7) is 4.34. The molecule has 102 valence electrons. The van der Waals surface area contributed by atoms with E-state index in [1.54, 1.807) is 7.11 Å². The number of aromatic nitrogens is 1. The van der Waals surface area contributed by atoms with E-state index < -0.39 is 11.9 Å².